The van der Waals surface area contributed by atoms with Crippen LogP contribution in [0.25, 0.3) is 5.69 Å². The number of aromatic nitrogens is 2. The van der Waals surface area contributed by atoms with E-state index in [-0.39, 0.29) is 23.9 Å². The van der Waals surface area contributed by atoms with E-state index in [1.54, 1.807) is 6.20 Å². The summed E-state index contributed by atoms with van der Waals surface area (Å²) in [5, 5.41) is 7.50. The Kier molecular flexibility index (Phi) is 6.99. The molecule has 0 aliphatic carbocycles. The molecule has 1 aromatic heterocycles. The highest BCUT2D eigenvalue weighted by atomic mass is 35.5. The first-order valence-corrected chi connectivity index (χ1v) is 8.11. The van der Waals surface area contributed by atoms with E-state index >= 15 is 0 Å². The Labute approximate surface area is 150 Å². The molecular formula is C18H27ClN4O. The molecule has 1 aromatic carbocycles. The summed E-state index contributed by atoms with van der Waals surface area (Å²) in [5.41, 5.74) is 9.04. The van der Waals surface area contributed by atoms with Gasteiger partial charge in [0.15, 0.2) is 0 Å². The third-order valence-electron chi connectivity index (χ3n) is 4.72. The van der Waals surface area contributed by atoms with Gasteiger partial charge >= 0.3 is 0 Å². The fourth-order valence-electron chi connectivity index (χ4n) is 2.75. The van der Waals surface area contributed by atoms with E-state index in [0.29, 0.717) is 12.1 Å². The first kappa shape index (κ1) is 20.2. The van der Waals surface area contributed by atoms with Gasteiger partial charge in [-0.25, -0.2) is 4.68 Å². The highest BCUT2D eigenvalue weighted by Gasteiger charge is 2.28. The number of nitrogens with zero attached hydrogens (tertiary/aromatic N) is 2. The lowest BCUT2D eigenvalue weighted by Crippen LogP contribution is -2.52. The number of para-hydroxylation sites is 1. The second kappa shape index (κ2) is 8.31. The van der Waals surface area contributed by atoms with Crippen molar-refractivity contribution in [1.29, 1.82) is 0 Å². The second-order valence-corrected chi connectivity index (χ2v) is 5.99. The van der Waals surface area contributed by atoms with Gasteiger partial charge in [-0.15, -0.1) is 12.4 Å². The lowest BCUT2D eigenvalue weighted by Gasteiger charge is -2.31. The summed E-state index contributed by atoms with van der Waals surface area (Å²) in [7, 11) is 0. The van der Waals surface area contributed by atoms with Gasteiger partial charge in [0.2, 0.25) is 0 Å². The summed E-state index contributed by atoms with van der Waals surface area (Å²) >= 11 is 0. The minimum Gasteiger partial charge on any atom is -0.345 e. The minimum absolute atomic E-state index is 0. The molecule has 0 aliphatic heterocycles. The van der Waals surface area contributed by atoms with Gasteiger partial charge in [0.05, 0.1) is 28.7 Å². The largest absolute Gasteiger partial charge is 0.345 e. The van der Waals surface area contributed by atoms with Gasteiger partial charge in [0.1, 0.15) is 0 Å². The number of carbonyl (C=O) groups is 1. The van der Waals surface area contributed by atoms with E-state index in [1.165, 1.54) is 0 Å². The van der Waals surface area contributed by atoms with E-state index in [2.05, 4.69) is 10.4 Å². The summed E-state index contributed by atoms with van der Waals surface area (Å²) in [6, 6.07) is 7.99. The minimum atomic E-state index is -0.353. The lowest BCUT2D eigenvalue weighted by atomic mass is 9.92. The van der Waals surface area contributed by atoms with Crippen LogP contribution in [0, 0.1) is 13.8 Å². The van der Waals surface area contributed by atoms with Crippen LogP contribution >= 0.6 is 12.4 Å². The first-order chi connectivity index (χ1) is 11.0. The van der Waals surface area contributed by atoms with Gasteiger partial charge in [0.25, 0.3) is 5.91 Å². The number of carbonyl (C=O) groups excluding carboxylic acids is 1. The third kappa shape index (κ3) is 3.79. The van der Waals surface area contributed by atoms with Crippen molar-refractivity contribution in [2.75, 3.05) is 6.54 Å². The van der Waals surface area contributed by atoms with Crippen LogP contribution in [0.4, 0.5) is 0 Å². The van der Waals surface area contributed by atoms with Crippen molar-refractivity contribution >= 4 is 18.3 Å². The molecule has 5 nitrogen and oxygen atoms in total. The summed E-state index contributed by atoms with van der Waals surface area (Å²) in [5.74, 6) is -0.114. The molecule has 0 spiro atoms. The monoisotopic (exact) mass is 350 g/mol. The standard InChI is InChI=1S/C18H26N4O.ClH/c1-5-18(6-2,12-19)21-17(23)15-11-20-22(14(15)4)16-10-8-7-9-13(16)3;/h7-11H,5-6,12,19H2,1-4H3,(H,21,23);1H. The van der Waals surface area contributed by atoms with Gasteiger partial charge in [-0.05, 0) is 38.3 Å². The molecule has 2 rings (SSSR count). The molecule has 0 bridgehead atoms. The van der Waals surface area contributed by atoms with Crippen molar-refractivity contribution in [2.24, 2.45) is 5.73 Å². The number of hydrogen-bond acceptors (Lipinski definition) is 3. The molecule has 0 radical (unpaired) electrons. The Morgan fingerprint density at radius 1 is 1.25 bits per heavy atom. The average molecular weight is 351 g/mol. The SMILES string of the molecule is CCC(CC)(CN)NC(=O)c1cnn(-c2ccccc2C)c1C.Cl. The fourth-order valence-corrected chi connectivity index (χ4v) is 2.75. The summed E-state index contributed by atoms with van der Waals surface area (Å²) in [4.78, 5) is 12.7. The molecule has 1 amide bonds. The number of amides is 1. The zero-order valence-corrected chi connectivity index (χ0v) is 15.6. The number of rotatable bonds is 6. The number of aryl methyl sites for hydroxylation is 1. The molecule has 0 saturated heterocycles. The van der Waals surface area contributed by atoms with Crippen molar-refractivity contribution < 1.29 is 4.79 Å². The molecule has 0 unspecified atom stereocenters. The fraction of sp³-hybridized carbons (Fsp3) is 0.444. The van der Waals surface area contributed by atoms with Crippen LogP contribution in [0.15, 0.2) is 30.5 Å². The number of halogens is 1. The molecule has 24 heavy (non-hydrogen) atoms. The summed E-state index contributed by atoms with van der Waals surface area (Å²) < 4.78 is 1.81. The molecule has 6 heteroatoms. The van der Waals surface area contributed by atoms with Gasteiger partial charge in [-0.2, -0.15) is 5.10 Å². The van der Waals surface area contributed by atoms with E-state index in [4.69, 9.17) is 5.73 Å². The zero-order chi connectivity index (χ0) is 17.0. The van der Waals surface area contributed by atoms with Gasteiger partial charge in [-0.3, -0.25) is 4.79 Å². The van der Waals surface area contributed by atoms with Crippen LogP contribution in [0.2, 0.25) is 0 Å². The molecular weight excluding hydrogens is 324 g/mol. The Morgan fingerprint density at radius 3 is 2.42 bits per heavy atom. The van der Waals surface area contributed by atoms with Crippen LogP contribution in [0.3, 0.4) is 0 Å². The highest BCUT2D eigenvalue weighted by molar-refractivity contribution is 5.95. The average Bonchev–Trinajstić information content (AvgIpc) is 2.95. The zero-order valence-electron chi connectivity index (χ0n) is 14.8. The molecule has 0 saturated carbocycles. The van der Waals surface area contributed by atoms with Gasteiger partial charge in [0, 0.05) is 6.54 Å². The predicted molar refractivity (Wildman–Crippen MR) is 100 cm³/mol. The maximum absolute atomic E-state index is 12.7. The van der Waals surface area contributed by atoms with Crippen molar-refractivity contribution in [3.05, 3.63) is 47.3 Å². The van der Waals surface area contributed by atoms with E-state index in [1.807, 2.05) is 56.6 Å². The molecule has 132 valence electrons. The number of nitrogens with two attached hydrogens (primary N) is 1. The third-order valence-corrected chi connectivity index (χ3v) is 4.72. The van der Waals surface area contributed by atoms with E-state index in [9.17, 15) is 4.79 Å². The van der Waals surface area contributed by atoms with Crippen LogP contribution in [0.1, 0.15) is 48.3 Å². The van der Waals surface area contributed by atoms with Crippen molar-refractivity contribution in [3.8, 4) is 5.69 Å². The number of hydrogen-bond donors (Lipinski definition) is 2. The highest BCUT2D eigenvalue weighted by Crippen LogP contribution is 2.19. The smallest absolute Gasteiger partial charge is 0.255 e. The normalized spacial score (nSPS) is 11.0. The Morgan fingerprint density at radius 2 is 1.88 bits per heavy atom. The molecule has 3 N–H and O–H groups in total. The second-order valence-electron chi connectivity index (χ2n) is 5.99. The Balaban J connectivity index is 0.00000288. The molecule has 0 aliphatic rings. The predicted octanol–water partition coefficient (Wildman–Crippen LogP) is 3.16. The quantitative estimate of drug-likeness (QED) is 0.840. The van der Waals surface area contributed by atoms with E-state index < -0.39 is 0 Å². The summed E-state index contributed by atoms with van der Waals surface area (Å²) in [6.45, 7) is 8.46. The molecule has 0 fully saturated rings. The van der Waals surface area contributed by atoms with Gasteiger partial charge in [-0.1, -0.05) is 32.0 Å². The lowest BCUT2D eigenvalue weighted by molar-refractivity contribution is 0.0894. The topological polar surface area (TPSA) is 72.9 Å². The van der Waals surface area contributed by atoms with Crippen molar-refractivity contribution in [3.63, 3.8) is 0 Å². The van der Waals surface area contributed by atoms with Gasteiger partial charge < -0.3 is 11.1 Å². The molecule has 2 aromatic rings. The summed E-state index contributed by atoms with van der Waals surface area (Å²) in [6.07, 6.45) is 3.23. The number of nitrogens with one attached hydrogen (secondary N) is 1. The molecule has 1 heterocycles. The first-order valence-electron chi connectivity index (χ1n) is 8.11. The van der Waals surface area contributed by atoms with Crippen LogP contribution in [0.5, 0.6) is 0 Å². The van der Waals surface area contributed by atoms with E-state index in [0.717, 1.165) is 29.8 Å². The Bertz CT molecular complexity index is 684. The maximum Gasteiger partial charge on any atom is 0.255 e. The maximum atomic E-state index is 12.7. The number of benzene rings is 1. The van der Waals surface area contributed by atoms with Crippen LogP contribution in [-0.2, 0) is 0 Å². The molecule has 0 atom stereocenters. The Hall–Kier alpha value is -1.85. The van der Waals surface area contributed by atoms with Crippen LogP contribution < -0.4 is 11.1 Å². The van der Waals surface area contributed by atoms with Crippen LogP contribution in [-0.4, -0.2) is 27.8 Å². The van der Waals surface area contributed by atoms with Crippen molar-refractivity contribution in [2.45, 2.75) is 46.1 Å². The van der Waals surface area contributed by atoms with Crippen molar-refractivity contribution in [1.82, 2.24) is 15.1 Å².